The number of halogens is 1. The third-order valence-electron chi connectivity index (χ3n) is 12.5. The molecule has 0 radical (unpaired) electrons. The van der Waals surface area contributed by atoms with Crippen LogP contribution in [0.3, 0.4) is 0 Å². The smallest absolute Gasteiger partial charge is 0.410 e. The van der Waals surface area contributed by atoms with Crippen LogP contribution in [0.25, 0.3) is 32.9 Å². The van der Waals surface area contributed by atoms with Crippen LogP contribution in [0.2, 0.25) is 0 Å². The van der Waals surface area contributed by atoms with Gasteiger partial charge < -0.3 is 33.5 Å². The molecule has 5 fully saturated rings. The maximum absolute atomic E-state index is 16.5. The fraction of sp³-hybridized carbons (Fsp3) is 0.489. The number of benzene rings is 3. The van der Waals surface area contributed by atoms with Gasteiger partial charge in [0.2, 0.25) is 0 Å². The van der Waals surface area contributed by atoms with Crippen molar-refractivity contribution >= 4 is 33.7 Å². The second-order valence-electron chi connectivity index (χ2n) is 17.9. The quantitative estimate of drug-likeness (QED) is 0.134. The van der Waals surface area contributed by atoms with E-state index < -0.39 is 5.60 Å². The summed E-state index contributed by atoms with van der Waals surface area (Å²) in [4.78, 5) is 27.8. The number of nitrogens with zero attached hydrogens (tertiary/aromatic N) is 6. The number of fused-ring (bicyclic) bond motifs is 4. The average Bonchev–Trinajstić information content (AvgIpc) is 3.55. The summed E-state index contributed by atoms with van der Waals surface area (Å²) in [6, 6.07) is 11.7. The van der Waals surface area contributed by atoms with Gasteiger partial charge in [-0.2, -0.15) is 15.1 Å². The molecule has 312 valence electrons. The Kier molecular flexibility index (Phi) is 9.83. The molecule has 5 aliphatic rings. The summed E-state index contributed by atoms with van der Waals surface area (Å²) in [6.45, 7) is 10.5. The molecule has 2 aromatic heterocycles. The molecule has 1 unspecified atom stereocenters. The molecule has 0 spiro atoms. The van der Waals surface area contributed by atoms with E-state index in [2.05, 4.69) is 16.9 Å². The molecule has 13 heteroatoms. The number of carbonyl (C=O) groups excluding carboxylic acids is 1. The van der Waals surface area contributed by atoms with Crippen LogP contribution in [0.15, 0.2) is 42.6 Å². The van der Waals surface area contributed by atoms with E-state index in [1.54, 1.807) is 6.07 Å². The van der Waals surface area contributed by atoms with Crippen LogP contribution in [0.1, 0.15) is 100 Å². The van der Waals surface area contributed by atoms with E-state index in [1.807, 2.05) is 67.7 Å². The van der Waals surface area contributed by atoms with Gasteiger partial charge in [0.15, 0.2) is 12.0 Å². The molecule has 2 bridgehead atoms. The van der Waals surface area contributed by atoms with Crippen LogP contribution in [0, 0.1) is 25.1 Å². The van der Waals surface area contributed by atoms with E-state index in [0.717, 1.165) is 82.9 Å². The summed E-state index contributed by atoms with van der Waals surface area (Å²) in [6.07, 6.45) is 13.0. The Bertz CT molecular complexity index is 2510. The minimum atomic E-state index is -0.595. The highest BCUT2D eigenvalue weighted by molar-refractivity contribution is 6.06. The number of terminal acetylenes is 1. The Hall–Kier alpha value is -5.45. The van der Waals surface area contributed by atoms with Crippen LogP contribution < -0.4 is 14.4 Å². The SMILES string of the molecule is C#Cc1ccc(COc2c(-c3c(C)c(F)cc4c3cnn4C3CCCCO3)c(C3CC3)cc3c(N4C[C@@H]5C[C@H]4CN5C(=O)OC(C)(C)C)nc(O[C@H]4CCOC4)nc23)cc1. The van der Waals surface area contributed by atoms with Gasteiger partial charge in [-0.25, -0.2) is 13.9 Å². The van der Waals surface area contributed by atoms with Crippen molar-refractivity contribution in [1.29, 1.82) is 0 Å². The second-order valence-corrected chi connectivity index (χ2v) is 17.9. The van der Waals surface area contributed by atoms with Gasteiger partial charge in [0.25, 0.3) is 0 Å². The van der Waals surface area contributed by atoms with E-state index in [9.17, 15) is 4.79 Å². The summed E-state index contributed by atoms with van der Waals surface area (Å²) in [7, 11) is 0. The summed E-state index contributed by atoms with van der Waals surface area (Å²) in [5.74, 6) is 3.84. The minimum absolute atomic E-state index is 0.00399. The van der Waals surface area contributed by atoms with Gasteiger partial charge in [-0.05, 0) is 107 Å². The topological polar surface area (TPSA) is 113 Å². The first-order valence-electron chi connectivity index (χ1n) is 21.4. The Labute approximate surface area is 349 Å². The zero-order valence-electron chi connectivity index (χ0n) is 34.7. The Morgan fingerprint density at radius 1 is 1.00 bits per heavy atom. The average molecular weight is 815 g/mol. The van der Waals surface area contributed by atoms with Crippen molar-refractivity contribution in [2.24, 2.45) is 0 Å². The maximum atomic E-state index is 16.5. The number of carbonyl (C=O) groups is 1. The minimum Gasteiger partial charge on any atom is -0.486 e. The molecule has 4 atom stereocenters. The molecule has 1 amide bonds. The van der Waals surface area contributed by atoms with E-state index in [4.69, 9.17) is 45.2 Å². The molecule has 12 nitrogen and oxygen atoms in total. The van der Waals surface area contributed by atoms with Gasteiger partial charge in [0.05, 0.1) is 37.0 Å². The first-order valence-corrected chi connectivity index (χ1v) is 21.4. The summed E-state index contributed by atoms with van der Waals surface area (Å²) >= 11 is 0. The molecule has 5 aromatic rings. The Balaban J connectivity index is 1.17. The molecule has 4 aliphatic heterocycles. The van der Waals surface area contributed by atoms with E-state index in [0.29, 0.717) is 61.7 Å². The van der Waals surface area contributed by atoms with E-state index in [-0.39, 0.29) is 54.9 Å². The van der Waals surface area contributed by atoms with Crippen molar-refractivity contribution in [3.63, 3.8) is 0 Å². The fourth-order valence-electron chi connectivity index (χ4n) is 9.41. The molecule has 1 aliphatic carbocycles. The monoisotopic (exact) mass is 814 g/mol. The normalized spacial score (nSPS) is 22.8. The zero-order chi connectivity index (χ0) is 41.3. The molecule has 10 rings (SSSR count). The van der Waals surface area contributed by atoms with Crippen molar-refractivity contribution in [2.45, 2.75) is 115 Å². The summed E-state index contributed by atoms with van der Waals surface area (Å²) in [5.41, 5.74) is 5.43. The van der Waals surface area contributed by atoms with Crippen molar-refractivity contribution in [2.75, 3.05) is 37.8 Å². The number of rotatable bonds is 9. The molecule has 6 heterocycles. The van der Waals surface area contributed by atoms with Gasteiger partial charge in [0.1, 0.15) is 35.5 Å². The highest BCUT2D eigenvalue weighted by Crippen LogP contribution is 2.54. The molecule has 1 saturated carbocycles. The van der Waals surface area contributed by atoms with Crippen LogP contribution in [0.5, 0.6) is 11.8 Å². The third-order valence-corrected chi connectivity index (χ3v) is 12.5. The van der Waals surface area contributed by atoms with Crippen LogP contribution in [-0.2, 0) is 20.8 Å². The van der Waals surface area contributed by atoms with Gasteiger partial charge >= 0.3 is 12.1 Å². The maximum Gasteiger partial charge on any atom is 0.410 e. The second kappa shape index (κ2) is 15.2. The Morgan fingerprint density at radius 3 is 2.52 bits per heavy atom. The van der Waals surface area contributed by atoms with Crippen LogP contribution in [-0.4, -0.2) is 87.4 Å². The number of aromatic nitrogens is 4. The lowest BCUT2D eigenvalue weighted by Gasteiger charge is -2.36. The van der Waals surface area contributed by atoms with Gasteiger partial charge in [-0.1, -0.05) is 18.1 Å². The number of ether oxygens (including phenoxy) is 5. The van der Waals surface area contributed by atoms with Crippen LogP contribution in [0.4, 0.5) is 15.0 Å². The van der Waals surface area contributed by atoms with Gasteiger partial charge in [0, 0.05) is 59.6 Å². The lowest BCUT2D eigenvalue weighted by atomic mass is 9.88. The molecular formula is C47H51FN6O6. The number of hydrogen-bond donors (Lipinski definition) is 0. The first kappa shape index (κ1) is 38.7. The molecule has 4 saturated heterocycles. The number of anilines is 1. The number of amides is 1. The summed E-state index contributed by atoms with van der Waals surface area (Å²) < 4.78 is 49.6. The predicted octanol–water partition coefficient (Wildman–Crippen LogP) is 8.60. The first-order chi connectivity index (χ1) is 29.0. The van der Waals surface area contributed by atoms with Crippen molar-refractivity contribution in [3.05, 3.63) is 70.7 Å². The number of likely N-dealkylation sites (tertiary alicyclic amines) is 1. The van der Waals surface area contributed by atoms with E-state index >= 15 is 4.39 Å². The third kappa shape index (κ3) is 7.17. The van der Waals surface area contributed by atoms with Crippen molar-refractivity contribution in [3.8, 4) is 35.2 Å². The fourth-order valence-corrected chi connectivity index (χ4v) is 9.41. The van der Waals surface area contributed by atoms with Crippen LogP contribution >= 0.6 is 0 Å². The highest BCUT2D eigenvalue weighted by atomic mass is 19.1. The summed E-state index contributed by atoms with van der Waals surface area (Å²) in [5, 5.41) is 6.48. The van der Waals surface area contributed by atoms with Gasteiger partial charge in [-0.3, -0.25) is 0 Å². The molecule has 0 N–H and O–H groups in total. The Morgan fingerprint density at radius 2 is 1.83 bits per heavy atom. The zero-order valence-corrected chi connectivity index (χ0v) is 34.7. The highest BCUT2D eigenvalue weighted by Gasteiger charge is 2.48. The van der Waals surface area contributed by atoms with Crippen molar-refractivity contribution < 1.29 is 32.9 Å². The predicted molar refractivity (Wildman–Crippen MR) is 225 cm³/mol. The van der Waals surface area contributed by atoms with E-state index in [1.165, 1.54) is 0 Å². The lowest BCUT2D eigenvalue weighted by Crippen LogP contribution is -2.50. The van der Waals surface area contributed by atoms with Crippen molar-refractivity contribution in [1.82, 2.24) is 24.6 Å². The molecular weight excluding hydrogens is 764 g/mol. The van der Waals surface area contributed by atoms with Gasteiger partial charge in [-0.15, -0.1) is 6.42 Å². The number of piperazine rings is 1. The number of hydrogen-bond acceptors (Lipinski definition) is 10. The lowest BCUT2D eigenvalue weighted by molar-refractivity contribution is -0.0366. The largest absolute Gasteiger partial charge is 0.486 e. The molecule has 3 aromatic carbocycles. The standard InChI is InChI=1S/C47H51FN6O6/c1-6-28-10-12-29(13-11-28)25-58-43-41(40-27(2)37(48)21-38-36(40)22-49-54(38)39-9-7-8-17-57-39)34(30-14-15-30)20-35-42(43)50-45(59-33-16-18-56-26-33)51-44(35)52-23-32-19-31(52)24-53(32)46(55)60-47(3,4)5/h1,10-13,20-22,30-33,39H,7-9,14-19,23-26H2,2-5H3/t31-,32-,33-,39?/m0/s1. The molecule has 60 heavy (non-hydrogen) atoms.